The van der Waals surface area contributed by atoms with E-state index in [0.717, 1.165) is 22.5 Å². The second-order valence-corrected chi connectivity index (χ2v) is 5.45. The molecule has 0 saturated heterocycles. The molecule has 0 aliphatic heterocycles. The summed E-state index contributed by atoms with van der Waals surface area (Å²) in [5.41, 5.74) is 0. The molecule has 1 aromatic heterocycles. The number of aliphatic hydroxyl groups is 1. The first kappa shape index (κ1) is 12.7. The van der Waals surface area contributed by atoms with Gasteiger partial charge in [0.1, 0.15) is 0 Å². The van der Waals surface area contributed by atoms with Gasteiger partial charge in [-0.25, -0.2) is 4.98 Å². The van der Waals surface area contributed by atoms with Crippen molar-refractivity contribution in [1.82, 2.24) is 9.36 Å². The van der Waals surface area contributed by atoms with E-state index in [4.69, 9.17) is 5.11 Å². The smallest absolute Gasteiger partial charge is 0.204 e. The van der Waals surface area contributed by atoms with Crippen molar-refractivity contribution >= 4 is 28.4 Å². The molecule has 1 rings (SSSR count). The summed E-state index contributed by atoms with van der Waals surface area (Å²) in [6.07, 6.45) is 0. The summed E-state index contributed by atoms with van der Waals surface area (Å²) in [7, 11) is 3.93. The molecule has 0 saturated carbocycles. The van der Waals surface area contributed by atoms with Gasteiger partial charge in [0.2, 0.25) is 5.13 Å². The molecule has 0 amide bonds. The second kappa shape index (κ2) is 6.30. The number of anilines is 1. The van der Waals surface area contributed by atoms with Crippen LogP contribution in [0.5, 0.6) is 0 Å². The molecule has 0 bridgehead atoms. The monoisotopic (exact) mass is 247 g/mol. The van der Waals surface area contributed by atoms with Crippen molar-refractivity contribution in [2.75, 3.05) is 31.4 Å². The van der Waals surface area contributed by atoms with Gasteiger partial charge in [0.25, 0.3) is 0 Å². The molecule has 0 radical (unpaired) electrons. The van der Waals surface area contributed by atoms with Crippen LogP contribution in [0.4, 0.5) is 5.13 Å². The molecule has 1 atom stereocenters. The Kier molecular flexibility index (Phi) is 5.35. The van der Waals surface area contributed by atoms with E-state index in [2.05, 4.69) is 9.36 Å². The Balaban J connectivity index is 2.31. The summed E-state index contributed by atoms with van der Waals surface area (Å²) in [5.74, 6) is 3.02. The predicted molar refractivity (Wildman–Crippen MR) is 66.6 cm³/mol. The van der Waals surface area contributed by atoms with E-state index in [0.29, 0.717) is 5.92 Å². The van der Waals surface area contributed by atoms with Crippen LogP contribution in [0.15, 0.2) is 0 Å². The normalized spacial score (nSPS) is 12.8. The molecular weight excluding hydrogens is 230 g/mol. The van der Waals surface area contributed by atoms with Gasteiger partial charge in [0.05, 0.1) is 5.75 Å². The maximum Gasteiger partial charge on any atom is 0.204 e. The van der Waals surface area contributed by atoms with Gasteiger partial charge in [-0.15, -0.1) is 0 Å². The zero-order valence-electron chi connectivity index (χ0n) is 9.30. The van der Waals surface area contributed by atoms with Gasteiger partial charge >= 0.3 is 0 Å². The fourth-order valence-electron chi connectivity index (χ4n) is 0.889. The number of nitrogens with zero attached hydrogens (tertiary/aromatic N) is 3. The highest BCUT2D eigenvalue weighted by atomic mass is 32.2. The average molecular weight is 247 g/mol. The fourth-order valence-corrected chi connectivity index (χ4v) is 2.51. The van der Waals surface area contributed by atoms with Gasteiger partial charge < -0.3 is 10.0 Å². The minimum Gasteiger partial charge on any atom is -0.396 e. The summed E-state index contributed by atoms with van der Waals surface area (Å²) in [4.78, 5) is 6.34. The molecule has 0 spiro atoms. The van der Waals surface area contributed by atoms with Gasteiger partial charge in [-0.2, -0.15) is 16.1 Å². The Morgan fingerprint density at radius 1 is 1.53 bits per heavy atom. The third-order valence-corrected chi connectivity index (χ3v) is 3.97. The van der Waals surface area contributed by atoms with Crippen molar-refractivity contribution in [3.8, 4) is 0 Å². The second-order valence-electron chi connectivity index (χ2n) is 3.69. The van der Waals surface area contributed by atoms with E-state index < -0.39 is 0 Å². The quantitative estimate of drug-likeness (QED) is 0.825. The molecule has 0 aliphatic rings. The largest absolute Gasteiger partial charge is 0.396 e. The zero-order chi connectivity index (χ0) is 11.3. The molecule has 15 heavy (non-hydrogen) atoms. The van der Waals surface area contributed by atoms with E-state index >= 15 is 0 Å². The fraction of sp³-hybridized carbons (Fsp3) is 0.778. The highest BCUT2D eigenvalue weighted by Gasteiger charge is 2.06. The van der Waals surface area contributed by atoms with Crippen molar-refractivity contribution in [2.24, 2.45) is 5.92 Å². The Morgan fingerprint density at radius 3 is 2.80 bits per heavy atom. The summed E-state index contributed by atoms with van der Waals surface area (Å²) in [6.45, 7) is 2.28. The Hall–Kier alpha value is -0.330. The number of rotatable bonds is 6. The van der Waals surface area contributed by atoms with E-state index in [1.165, 1.54) is 11.5 Å². The van der Waals surface area contributed by atoms with Crippen LogP contribution in [-0.2, 0) is 5.75 Å². The summed E-state index contributed by atoms with van der Waals surface area (Å²) < 4.78 is 4.27. The van der Waals surface area contributed by atoms with Crippen LogP contribution < -0.4 is 4.90 Å². The summed E-state index contributed by atoms with van der Waals surface area (Å²) >= 11 is 3.19. The van der Waals surface area contributed by atoms with E-state index in [9.17, 15) is 0 Å². The van der Waals surface area contributed by atoms with Crippen molar-refractivity contribution in [1.29, 1.82) is 0 Å². The molecule has 6 heteroatoms. The van der Waals surface area contributed by atoms with Crippen LogP contribution in [0.2, 0.25) is 0 Å². The van der Waals surface area contributed by atoms with E-state index in [-0.39, 0.29) is 6.61 Å². The molecule has 4 nitrogen and oxygen atoms in total. The van der Waals surface area contributed by atoms with Gasteiger partial charge in [-0.05, 0) is 11.7 Å². The lowest BCUT2D eigenvalue weighted by Gasteiger charge is -2.05. The van der Waals surface area contributed by atoms with Crippen molar-refractivity contribution < 1.29 is 5.11 Å². The SMILES string of the molecule is CC(CO)CSCc1nsc(N(C)C)n1. The van der Waals surface area contributed by atoms with Gasteiger partial charge in [0.15, 0.2) is 5.82 Å². The molecule has 1 N–H and O–H groups in total. The van der Waals surface area contributed by atoms with E-state index in [1.807, 2.05) is 25.9 Å². The Bertz CT molecular complexity index is 291. The van der Waals surface area contributed by atoms with Crippen LogP contribution in [-0.4, -0.2) is 40.9 Å². The molecule has 1 aromatic rings. The van der Waals surface area contributed by atoms with Gasteiger partial charge in [-0.3, -0.25) is 0 Å². The number of hydrogen-bond donors (Lipinski definition) is 1. The molecule has 1 heterocycles. The molecule has 0 aliphatic carbocycles. The van der Waals surface area contributed by atoms with Crippen molar-refractivity contribution in [2.45, 2.75) is 12.7 Å². The maximum atomic E-state index is 8.86. The highest BCUT2D eigenvalue weighted by molar-refractivity contribution is 7.98. The maximum absolute atomic E-state index is 8.86. The summed E-state index contributed by atoms with van der Waals surface area (Å²) in [5, 5.41) is 9.80. The predicted octanol–water partition coefficient (Wildman–Crippen LogP) is 1.47. The summed E-state index contributed by atoms with van der Waals surface area (Å²) in [6, 6.07) is 0. The number of aromatic nitrogens is 2. The minimum atomic E-state index is 0.250. The highest BCUT2D eigenvalue weighted by Crippen LogP contribution is 2.18. The Morgan fingerprint density at radius 2 is 2.27 bits per heavy atom. The third kappa shape index (κ3) is 4.36. The van der Waals surface area contributed by atoms with Crippen LogP contribution in [0.3, 0.4) is 0 Å². The standard InChI is InChI=1S/C9H17N3OS2/c1-7(4-13)5-14-6-8-10-9(12(2)3)15-11-8/h7,13H,4-6H2,1-3H3. The molecule has 0 aromatic carbocycles. The number of aliphatic hydroxyl groups excluding tert-OH is 1. The van der Waals surface area contributed by atoms with Crippen LogP contribution in [0.25, 0.3) is 0 Å². The number of hydrogen-bond acceptors (Lipinski definition) is 6. The lowest BCUT2D eigenvalue weighted by molar-refractivity contribution is 0.250. The minimum absolute atomic E-state index is 0.250. The van der Waals surface area contributed by atoms with Crippen LogP contribution in [0, 0.1) is 5.92 Å². The first-order valence-electron chi connectivity index (χ1n) is 4.82. The Labute approximate surface area is 98.9 Å². The molecule has 1 unspecified atom stereocenters. The van der Waals surface area contributed by atoms with Crippen LogP contribution >= 0.6 is 23.3 Å². The first-order valence-corrected chi connectivity index (χ1v) is 6.74. The molecule has 0 fully saturated rings. The van der Waals surface area contributed by atoms with E-state index in [1.54, 1.807) is 11.8 Å². The average Bonchev–Trinajstić information content (AvgIpc) is 2.66. The van der Waals surface area contributed by atoms with Gasteiger partial charge in [-0.1, -0.05) is 6.92 Å². The zero-order valence-corrected chi connectivity index (χ0v) is 10.9. The topological polar surface area (TPSA) is 49.3 Å². The van der Waals surface area contributed by atoms with Gasteiger partial charge in [0, 0.05) is 32.2 Å². The van der Waals surface area contributed by atoms with Crippen LogP contribution in [0.1, 0.15) is 12.7 Å². The first-order chi connectivity index (χ1) is 7.13. The third-order valence-electron chi connectivity index (χ3n) is 1.79. The number of thioether (sulfide) groups is 1. The van der Waals surface area contributed by atoms with Crippen molar-refractivity contribution in [3.05, 3.63) is 5.82 Å². The molecular formula is C9H17N3OS2. The van der Waals surface area contributed by atoms with Crippen molar-refractivity contribution in [3.63, 3.8) is 0 Å². The lowest BCUT2D eigenvalue weighted by atomic mass is 10.2. The lowest BCUT2D eigenvalue weighted by Crippen LogP contribution is -2.08. The molecule has 86 valence electrons.